The lowest BCUT2D eigenvalue weighted by Gasteiger charge is -2.51. The molecule has 2 rings (SSSR count). The Kier molecular flexibility index (Phi) is 4.57. The molecule has 2 nitrogen and oxygen atoms in total. The predicted molar refractivity (Wildman–Crippen MR) is 85.3 cm³/mol. The largest absolute Gasteiger partial charge is 0.309 e. The van der Waals surface area contributed by atoms with E-state index >= 15 is 0 Å². The average molecular weight is 343 g/mol. The fourth-order valence-electron chi connectivity index (χ4n) is 2.72. The molecule has 1 aromatic rings. The number of halogens is 2. The molecule has 0 amide bonds. The maximum Gasteiger partial charge on any atom is 0.124 e. The third-order valence-electron chi connectivity index (χ3n) is 4.44. The lowest BCUT2D eigenvalue weighted by molar-refractivity contribution is 0.0173. The van der Waals surface area contributed by atoms with E-state index in [0.717, 1.165) is 36.1 Å². The van der Waals surface area contributed by atoms with Crippen LogP contribution in [0, 0.1) is 5.82 Å². The molecule has 1 aliphatic rings. The van der Waals surface area contributed by atoms with Gasteiger partial charge in [0.05, 0.1) is 0 Å². The summed E-state index contributed by atoms with van der Waals surface area (Å²) >= 11 is 3.48. The van der Waals surface area contributed by atoms with Crippen LogP contribution in [0.5, 0.6) is 0 Å². The van der Waals surface area contributed by atoms with Crippen LogP contribution in [0.3, 0.4) is 0 Å². The van der Waals surface area contributed by atoms with E-state index in [1.54, 1.807) is 6.07 Å². The van der Waals surface area contributed by atoms with Gasteiger partial charge in [0.25, 0.3) is 0 Å². The first kappa shape index (κ1) is 15.9. The Balaban J connectivity index is 2.23. The molecule has 0 aromatic heterocycles. The van der Waals surface area contributed by atoms with Crippen molar-refractivity contribution < 1.29 is 4.39 Å². The zero-order chi connectivity index (χ0) is 15.0. The van der Waals surface area contributed by atoms with Gasteiger partial charge in [0.2, 0.25) is 0 Å². The summed E-state index contributed by atoms with van der Waals surface area (Å²) in [5.74, 6) is -0.195. The molecule has 1 saturated heterocycles. The van der Waals surface area contributed by atoms with Gasteiger partial charge in [-0.1, -0.05) is 28.9 Å². The number of hydrogen-bond donors (Lipinski definition) is 1. The molecule has 1 atom stereocenters. The van der Waals surface area contributed by atoms with E-state index in [0.29, 0.717) is 0 Å². The summed E-state index contributed by atoms with van der Waals surface area (Å²) in [6, 6.07) is 4.97. The monoisotopic (exact) mass is 342 g/mol. The van der Waals surface area contributed by atoms with Gasteiger partial charge in [0, 0.05) is 35.2 Å². The Morgan fingerprint density at radius 3 is 2.65 bits per heavy atom. The van der Waals surface area contributed by atoms with E-state index in [1.807, 2.05) is 6.07 Å². The van der Waals surface area contributed by atoms with E-state index in [-0.39, 0.29) is 16.9 Å². The van der Waals surface area contributed by atoms with Crippen LogP contribution in [0.25, 0.3) is 0 Å². The first-order valence-electron chi connectivity index (χ1n) is 7.20. The van der Waals surface area contributed by atoms with Crippen molar-refractivity contribution in [1.29, 1.82) is 0 Å². The van der Waals surface area contributed by atoms with Crippen molar-refractivity contribution in [3.05, 3.63) is 34.1 Å². The molecule has 4 heteroatoms. The van der Waals surface area contributed by atoms with Gasteiger partial charge in [0.1, 0.15) is 5.82 Å². The summed E-state index contributed by atoms with van der Waals surface area (Å²) < 4.78 is 14.1. The quantitative estimate of drug-likeness (QED) is 0.894. The molecule has 112 valence electrons. The van der Waals surface area contributed by atoms with E-state index in [4.69, 9.17) is 0 Å². The van der Waals surface area contributed by atoms with Gasteiger partial charge in [-0.2, -0.15) is 0 Å². The highest BCUT2D eigenvalue weighted by Crippen LogP contribution is 2.30. The van der Waals surface area contributed by atoms with Crippen molar-refractivity contribution in [3.63, 3.8) is 0 Å². The minimum Gasteiger partial charge on any atom is -0.309 e. The Morgan fingerprint density at radius 1 is 1.35 bits per heavy atom. The third kappa shape index (κ3) is 3.41. The van der Waals surface area contributed by atoms with Gasteiger partial charge in [-0.25, -0.2) is 4.39 Å². The van der Waals surface area contributed by atoms with Gasteiger partial charge >= 0.3 is 0 Å². The molecule has 0 radical (unpaired) electrons. The van der Waals surface area contributed by atoms with Crippen molar-refractivity contribution in [2.45, 2.75) is 51.7 Å². The molecule has 1 unspecified atom stereocenters. The smallest absolute Gasteiger partial charge is 0.124 e. The van der Waals surface area contributed by atoms with Crippen LogP contribution in [0.4, 0.5) is 4.39 Å². The Morgan fingerprint density at radius 2 is 2.05 bits per heavy atom. The number of piperazine rings is 1. The third-order valence-corrected chi connectivity index (χ3v) is 5.17. The molecule has 0 saturated carbocycles. The number of benzene rings is 1. The van der Waals surface area contributed by atoms with Crippen molar-refractivity contribution >= 4 is 15.9 Å². The number of nitrogens with zero attached hydrogens (tertiary/aromatic N) is 1. The molecule has 0 bridgehead atoms. The van der Waals surface area contributed by atoms with E-state index in [2.05, 4.69) is 53.8 Å². The topological polar surface area (TPSA) is 15.3 Å². The van der Waals surface area contributed by atoms with Gasteiger partial charge in [-0.3, -0.25) is 4.90 Å². The fraction of sp³-hybridized carbons (Fsp3) is 0.625. The highest BCUT2D eigenvalue weighted by molar-refractivity contribution is 9.10. The van der Waals surface area contributed by atoms with Gasteiger partial charge in [-0.05, 0) is 44.9 Å². The number of hydrogen-bond acceptors (Lipinski definition) is 2. The SMILES string of the molecule is CCC1(C)CNC(C)(C)CN1Cc1ccc(F)cc1Br. The van der Waals surface area contributed by atoms with Gasteiger partial charge in [-0.15, -0.1) is 0 Å². The lowest BCUT2D eigenvalue weighted by Crippen LogP contribution is -2.66. The minimum absolute atomic E-state index is 0.112. The van der Waals surface area contributed by atoms with Crippen LogP contribution in [0.1, 0.15) is 39.7 Å². The summed E-state index contributed by atoms with van der Waals surface area (Å²) in [5.41, 5.74) is 1.40. The molecule has 0 aliphatic carbocycles. The van der Waals surface area contributed by atoms with E-state index < -0.39 is 0 Å². The van der Waals surface area contributed by atoms with Gasteiger partial charge < -0.3 is 5.32 Å². The summed E-state index contributed by atoms with van der Waals surface area (Å²) in [7, 11) is 0. The second-order valence-electron chi connectivity index (χ2n) is 6.68. The zero-order valence-electron chi connectivity index (χ0n) is 12.8. The molecule has 1 aliphatic heterocycles. The number of nitrogens with one attached hydrogen (secondary N) is 1. The van der Waals surface area contributed by atoms with Crippen LogP contribution >= 0.6 is 15.9 Å². The molecule has 1 aromatic carbocycles. The summed E-state index contributed by atoms with van der Waals surface area (Å²) in [4.78, 5) is 2.52. The van der Waals surface area contributed by atoms with Crippen LogP contribution in [0.2, 0.25) is 0 Å². The Hall–Kier alpha value is -0.450. The minimum atomic E-state index is -0.195. The molecule has 0 spiro atoms. The molecule has 20 heavy (non-hydrogen) atoms. The maximum absolute atomic E-state index is 13.2. The predicted octanol–water partition coefficient (Wildman–Crippen LogP) is 3.94. The summed E-state index contributed by atoms with van der Waals surface area (Å²) in [6.07, 6.45) is 1.09. The fourth-order valence-corrected chi connectivity index (χ4v) is 3.19. The van der Waals surface area contributed by atoms with Crippen LogP contribution in [0.15, 0.2) is 22.7 Å². The molecular weight excluding hydrogens is 319 g/mol. The van der Waals surface area contributed by atoms with Crippen molar-refractivity contribution in [3.8, 4) is 0 Å². The normalized spacial score (nSPS) is 26.7. The lowest BCUT2D eigenvalue weighted by atomic mass is 9.87. The Labute approximate surface area is 129 Å². The zero-order valence-corrected chi connectivity index (χ0v) is 14.3. The average Bonchev–Trinajstić information content (AvgIpc) is 2.37. The Bertz CT molecular complexity index is 489. The van der Waals surface area contributed by atoms with E-state index in [1.165, 1.54) is 6.07 Å². The first-order valence-corrected chi connectivity index (χ1v) is 7.99. The van der Waals surface area contributed by atoms with E-state index in [9.17, 15) is 4.39 Å². The summed E-state index contributed by atoms with van der Waals surface area (Å²) in [6.45, 7) is 11.8. The highest BCUT2D eigenvalue weighted by Gasteiger charge is 2.39. The summed E-state index contributed by atoms with van der Waals surface area (Å²) in [5, 5.41) is 3.63. The maximum atomic E-state index is 13.2. The standard InChI is InChI=1S/C16H24BrFN2/c1-5-16(4)10-19-15(2,3)11-20(16)9-12-6-7-13(18)8-14(12)17/h6-8,19H,5,9-11H2,1-4H3. The second-order valence-corrected chi connectivity index (χ2v) is 7.53. The van der Waals surface area contributed by atoms with Gasteiger partial charge in [0.15, 0.2) is 0 Å². The molecule has 1 fully saturated rings. The second kappa shape index (κ2) is 5.74. The van der Waals surface area contributed by atoms with Crippen LogP contribution in [-0.2, 0) is 6.54 Å². The number of rotatable bonds is 3. The van der Waals surface area contributed by atoms with Crippen LogP contribution < -0.4 is 5.32 Å². The van der Waals surface area contributed by atoms with Crippen molar-refractivity contribution in [2.75, 3.05) is 13.1 Å². The molecule has 1 N–H and O–H groups in total. The highest BCUT2D eigenvalue weighted by atomic mass is 79.9. The van der Waals surface area contributed by atoms with Crippen molar-refractivity contribution in [1.82, 2.24) is 10.2 Å². The van der Waals surface area contributed by atoms with Crippen molar-refractivity contribution in [2.24, 2.45) is 0 Å². The first-order chi connectivity index (χ1) is 9.26. The van der Waals surface area contributed by atoms with Crippen LogP contribution in [-0.4, -0.2) is 29.1 Å². The molecule has 1 heterocycles. The molecular formula is C16H24BrFN2.